The molecule has 24 N–H and O–H groups in total. The minimum atomic E-state index is 0. The maximum Gasteiger partial charge on any atom is 0 e. The summed E-state index contributed by atoms with van der Waals surface area (Å²) < 4.78 is 0. The van der Waals surface area contributed by atoms with Crippen LogP contribution in [-0.2, 0) is 98.1 Å². The van der Waals surface area contributed by atoms with Crippen LogP contribution in [0, 0.1) is 0 Å². The molecule has 12 nitrogen and oxygen atoms in total. The van der Waals surface area contributed by atoms with Gasteiger partial charge in [-0.05, 0) is 0 Å². The van der Waals surface area contributed by atoms with Gasteiger partial charge in [0.05, 0.1) is 0 Å². The van der Waals surface area contributed by atoms with Crippen LogP contribution in [-0.4, -0.2) is 153 Å². The Morgan fingerprint density at radius 2 is 0.150 bits per heavy atom. The van der Waals surface area contributed by atoms with Gasteiger partial charge in [-0.1, -0.05) is 0 Å². The molecular weight excluding hydrogens is 594 g/mol. The van der Waals surface area contributed by atoms with E-state index in [-0.39, 0.29) is 251 Å². The molecule has 0 aliphatic rings. The molecule has 0 aromatic heterocycles. The van der Waals surface area contributed by atoms with Crippen LogP contribution < -0.4 is 0 Å². The van der Waals surface area contributed by atoms with Gasteiger partial charge in [-0.25, -0.2) is 0 Å². The Labute approximate surface area is 246 Å². The van der Waals surface area contributed by atoms with Gasteiger partial charge in [0.2, 0.25) is 0 Å². The summed E-state index contributed by atoms with van der Waals surface area (Å²) in [5, 5.41) is 0. The van der Waals surface area contributed by atoms with Crippen LogP contribution in [0.1, 0.15) is 0 Å². The van der Waals surface area contributed by atoms with Crippen LogP contribution in [0.5, 0.6) is 0 Å². The molecule has 20 heteroatoms. The van der Waals surface area contributed by atoms with Crippen molar-refractivity contribution in [1.29, 1.82) is 0 Å². The summed E-state index contributed by atoms with van der Waals surface area (Å²) in [5.41, 5.74) is 0. The fourth-order valence-corrected chi connectivity index (χ4v) is 0. The quantitative estimate of drug-likeness (QED) is 0.228. The van der Waals surface area contributed by atoms with Gasteiger partial charge in [-0.15, -0.1) is 0 Å². The van der Waals surface area contributed by atoms with Gasteiger partial charge < -0.3 is 65.7 Å². The molecule has 0 heterocycles. The number of hydrogen-bond acceptors (Lipinski definition) is 0. The van der Waals surface area contributed by atoms with Crippen LogP contribution in [0.25, 0.3) is 0 Å². The van der Waals surface area contributed by atoms with Crippen LogP contribution in [0.2, 0.25) is 0 Å². The van der Waals surface area contributed by atoms with Crippen molar-refractivity contribution >= 4 is 86.8 Å². The normalized spacial score (nSPS) is 0. The Morgan fingerprint density at radius 1 is 0.150 bits per heavy atom. The second-order valence-electron chi connectivity index (χ2n) is 0. The standard InChI is InChI=1S/5Al.12H2O.3Y/h;;;;;12*1H2;;;. The molecule has 0 aromatic carbocycles. The van der Waals surface area contributed by atoms with Crippen molar-refractivity contribution in [2.75, 3.05) is 0 Å². The Morgan fingerprint density at radius 3 is 0.150 bits per heavy atom. The fourth-order valence-electron chi connectivity index (χ4n) is 0. The Balaban J connectivity index is 0. The predicted molar refractivity (Wildman–Crippen MR) is 72.1 cm³/mol. The molecule has 0 atom stereocenters. The molecule has 0 bridgehead atoms. The van der Waals surface area contributed by atoms with Crippen molar-refractivity contribution in [3.05, 3.63) is 0 Å². The molecule has 0 saturated carbocycles. The summed E-state index contributed by atoms with van der Waals surface area (Å²) in [6, 6.07) is 0. The summed E-state index contributed by atoms with van der Waals surface area (Å²) in [4.78, 5) is 0. The monoisotopic (exact) mass is 618 g/mol. The molecule has 0 saturated heterocycles. The first kappa shape index (κ1) is 507. The number of hydrogen-bond donors (Lipinski definition) is 0. The molecule has 0 aliphatic heterocycles. The van der Waals surface area contributed by atoms with Crippen LogP contribution in [0.3, 0.4) is 0 Å². The first-order chi connectivity index (χ1) is 0. The maximum atomic E-state index is 0. The zero-order chi connectivity index (χ0) is 0. The van der Waals surface area contributed by atoms with Crippen LogP contribution in [0.15, 0.2) is 0 Å². The summed E-state index contributed by atoms with van der Waals surface area (Å²) in [6.45, 7) is 0. The van der Waals surface area contributed by atoms with Crippen molar-refractivity contribution in [3.8, 4) is 0 Å². The third kappa shape index (κ3) is 394. The van der Waals surface area contributed by atoms with Crippen molar-refractivity contribution in [2.24, 2.45) is 0 Å². The first-order valence-corrected chi connectivity index (χ1v) is 0. The van der Waals surface area contributed by atoms with Gasteiger partial charge in [0.25, 0.3) is 0 Å². The van der Waals surface area contributed by atoms with E-state index < -0.39 is 0 Å². The van der Waals surface area contributed by atoms with Gasteiger partial charge in [0.15, 0.2) is 0 Å². The predicted octanol–water partition coefficient (Wildman–Crippen LogP) is -11.8. The second kappa shape index (κ2) is 448. The molecule has 0 rings (SSSR count). The molecule has 0 aromatic rings. The molecule has 0 aliphatic carbocycles. The zero-order valence-corrected chi connectivity index (χ0v) is 24.9. The van der Waals surface area contributed by atoms with Gasteiger partial charge >= 0.3 is 0 Å². The second-order valence-corrected chi connectivity index (χ2v) is 0. The van der Waals surface area contributed by atoms with Crippen LogP contribution in [0.4, 0.5) is 0 Å². The fraction of sp³-hybridized carbons (Fsp3) is 0. The Kier molecular flexibility index (Phi) is 11300. The Bertz CT molecular complexity index is 27.1. The van der Waals surface area contributed by atoms with E-state index in [2.05, 4.69) is 0 Å². The third-order valence-electron chi connectivity index (χ3n) is 0. The van der Waals surface area contributed by atoms with E-state index in [9.17, 15) is 0 Å². The summed E-state index contributed by atoms with van der Waals surface area (Å²) in [6.07, 6.45) is 0. The summed E-state index contributed by atoms with van der Waals surface area (Å²) in [7, 11) is 0. The third-order valence-corrected chi connectivity index (χ3v) is 0. The first-order valence-electron chi connectivity index (χ1n) is 0. The summed E-state index contributed by atoms with van der Waals surface area (Å²) >= 11 is 0. The van der Waals surface area contributed by atoms with E-state index in [1.807, 2.05) is 0 Å². The maximum absolute atomic E-state index is 0. The van der Waals surface area contributed by atoms with Crippen molar-refractivity contribution < 1.29 is 164 Å². The molecule has 0 unspecified atom stereocenters. The van der Waals surface area contributed by atoms with E-state index in [1.54, 1.807) is 0 Å². The van der Waals surface area contributed by atoms with E-state index in [4.69, 9.17) is 0 Å². The topological polar surface area (TPSA) is 378 Å². The van der Waals surface area contributed by atoms with Crippen molar-refractivity contribution in [1.82, 2.24) is 0 Å². The largest absolute Gasteiger partial charge is 0.412 e. The zero-order valence-electron chi connectivity index (χ0n) is 10.6. The minimum absolute atomic E-state index is 0. The average Bonchev–Trinajstić information content (AvgIpc) is 0. The van der Waals surface area contributed by atoms with Gasteiger partial charge in [-0.2, -0.15) is 0 Å². The van der Waals surface area contributed by atoms with Gasteiger partial charge in [-0.3, -0.25) is 0 Å². The summed E-state index contributed by atoms with van der Waals surface area (Å²) in [5.74, 6) is 0. The molecule has 120 valence electrons. The minimum Gasteiger partial charge on any atom is -0.412 e. The molecule has 18 radical (unpaired) electrons. The van der Waals surface area contributed by atoms with Gasteiger partial charge in [0, 0.05) is 185 Å². The average molecular weight is 618 g/mol. The van der Waals surface area contributed by atoms with Crippen molar-refractivity contribution in [3.63, 3.8) is 0 Å². The Hall–Kier alpha value is 5.49. The van der Waals surface area contributed by atoms with E-state index in [0.717, 1.165) is 0 Å². The smallest absolute Gasteiger partial charge is 0 e. The SMILES string of the molecule is O.O.O.O.O.O.O.O.O.O.O.O.[Al].[Al].[Al].[Al].[Al].[Y].[Y].[Y]. The molecule has 20 heavy (non-hydrogen) atoms. The van der Waals surface area contributed by atoms with Gasteiger partial charge in [0.1, 0.15) is 0 Å². The van der Waals surface area contributed by atoms with E-state index in [1.165, 1.54) is 0 Å². The molecular formula is H24Al5O12Y3. The van der Waals surface area contributed by atoms with E-state index in [0.29, 0.717) is 0 Å². The molecule has 0 fully saturated rings. The molecule has 0 amide bonds. The molecule has 0 spiro atoms. The van der Waals surface area contributed by atoms with E-state index >= 15 is 0 Å². The van der Waals surface area contributed by atoms with Crippen LogP contribution >= 0.6 is 0 Å². The number of rotatable bonds is 0. The van der Waals surface area contributed by atoms with Crippen molar-refractivity contribution in [2.45, 2.75) is 0 Å².